The Bertz CT molecular complexity index is 2050. The van der Waals surface area contributed by atoms with Crippen LogP contribution in [0.5, 0.6) is 5.75 Å². The smallest absolute Gasteiger partial charge is 0.482 e. The molecule has 3 saturated carbocycles. The van der Waals surface area contributed by atoms with Crippen LogP contribution in [-0.4, -0.2) is 108 Å². The van der Waals surface area contributed by atoms with E-state index in [-0.39, 0.29) is 71.6 Å². The first-order valence-corrected chi connectivity index (χ1v) is 20.4. The first-order chi connectivity index (χ1) is 27.7. The van der Waals surface area contributed by atoms with Crippen LogP contribution in [0.25, 0.3) is 0 Å². The van der Waals surface area contributed by atoms with Gasteiger partial charge in [0.05, 0.1) is 30.4 Å². The van der Waals surface area contributed by atoms with Crippen molar-refractivity contribution in [2.45, 2.75) is 77.3 Å². The molecule has 1 aromatic heterocycles. The molecule has 8 rings (SSSR count). The summed E-state index contributed by atoms with van der Waals surface area (Å²) < 4.78 is 24.4. The Morgan fingerprint density at radius 3 is 2.53 bits per heavy atom. The van der Waals surface area contributed by atoms with E-state index in [9.17, 15) is 29.1 Å². The number of thiazole rings is 1. The number of aromatic carboxylic acids is 1. The number of ether oxygens (including phenoxy) is 2. The topological polar surface area (TPSA) is 198 Å². The van der Waals surface area contributed by atoms with Gasteiger partial charge in [0.15, 0.2) is 11.2 Å². The Labute approximate surface area is 341 Å². The monoisotopic (exact) mass is 816 g/mol. The molecule has 16 nitrogen and oxygen atoms in total. The SMILES string of the molecule is CCN1CCN(C(=O)NC(C(=O)N[C@@H](Cc2cccc(C(=O)O)c2OC)B2OC3CC4CC(C4(C)C)[C@]3(C)O2)c2csc(NC(=O)OCc3ccccc3)n2)CC1=O. The predicted octanol–water partition coefficient (Wildman–Crippen LogP) is 4.51. The van der Waals surface area contributed by atoms with Crippen LogP contribution in [0.4, 0.5) is 14.7 Å². The summed E-state index contributed by atoms with van der Waals surface area (Å²) in [6.07, 6.45) is 0.854. The highest BCUT2D eigenvalue weighted by atomic mass is 32.1. The number of benzene rings is 2. The molecule has 4 unspecified atom stereocenters. The second kappa shape index (κ2) is 16.6. The molecule has 2 bridgehead atoms. The normalized spacial score (nSPS) is 24.2. The van der Waals surface area contributed by atoms with Gasteiger partial charge in [0.25, 0.3) is 0 Å². The molecule has 2 aromatic carbocycles. The van der Waals surface area contributed by atoms with Crippen LogP contribution in [0.15, 0.2) is 53.9 Å². The van der Waals surface area contributed by atoms with Gasteiger partial charge in [0.1, 0.15) is 24.5 Å². The summed E-state index contributed by atoms with van der Waals surface area (Å²) in [6, 6.07) is 11.9. The van der Waals surface area contributed by atoms with Crippen molar-refractivity contribution < 1.29 is 47.9 Å². The third kappa shape index (κ3) is 8.09. The van der Waals surface area contributed by atoms with Crippen LogP contribution >= 0.6 is 11.3 Å². The summed E-state index contributed by atoms with van der Waals surface area (Å²) in [4.78, 5) is 73.6. The third-order valence-electron chi connectivity index (χ3n) is 12.4. The molecule has 5 aliphatic rings. The van der Waals surface area contributed by atoms with E-state index in [0.717, 1.165) is 29.7 Å². The minimum atomic E-state index is -1.40. The molecule has 3 aromatic rings. The molecule has 308 valence electrons. The van der Waals surface area contributed by atoms with E-state index in [1.165, 1.54) is 18.1 Å². The highest BCUT2D eigenvalue weighted by Crippen LogP contribution is 2.65. The van der Waals surface area contributed by atoms with Gasteiger partial charge in [-0.15, -0.1) is 11.3 Å². The zero-order chi connectivity index (χ0) is 41.4. The molecule has 0 spiro atoms. The van der Waals surface area contributed by atoms with Gasteiger partial charge in [0.2, 0.25) is 11.8 Å². The lowest BCUT2D eigenvalue weighted by Gasteiger charge is -2.64. The fourth-order valence-electron chi connectivity index (χ4n) is 8.97. The van der Waals surface area contributed by atoms with Crippen molar-refractivity contribution in [2.75, 3.05) is 38.6 Å². The van der Waals surface area contributed by atoms with Crippen molar-refractivity contribution in [3.63, 3.8) is 0 Å². The number of urea groups is 1. The number of carboxylic acid groups (broad SMARTS) is 1. The molecular weight excluding hydrogens is 767 g/mol. The second-order valence-corrected chi connectivity index (χ2v) is 16.9. The van der Waals surface area contributed by atoms with E-state index >= 15 is 0 Å². The number of anilines is 1. The zero-order valence-electron chi connectivity index (χ0n) is 33.2. The minimum Gasteiger partial charge on any atom is -0.496 e. The van der Waals surface area contributed by atoms with Crippen molar-refractivity contribution >= 4 is 53.5 Å². The number of rotatable bonds is 13. The molecule has 5 fully saturated rings. The van der Waals surface area contributed by atoms with Crippen molar-refractivity contribution in [1.29, 1.82) is 0 Å². The number of nitrogens with one attached hydrogen (secondary N) is 3. The number of nitrogens with zero attached hydrogens (tertiary/aromatic N) is 3. The van der Waals surface area contributed by atoms with E-state index in [4.69, 9.17) is 18.8 Å². The number of likely N-dealkylation sites (N-methyl/N-ethyl adjacent to an activating group) is 1. The quantitative estimate of drug-likeness (QED) is 0.177. The number of amides is 5. The molecule has 0 radical (unpaired) electrons. The molecule has 5 amide bonds. The van der Waals surface area contributed by atoms with Crippen molar-refractivity contribution in [3.8, 4) is 5.75 Å². The molecular formula is C40H49BN6O10S. The van der Waals surface area contributed by atoms with Crippen molar-refractivity contribution in [2.24, 2.45) is 17.3 Å². The Balaban J connectivity index is 1.16. The number of aromatic nitrogens is 1. The summed E-state index contributed by atoms with van der Waals surface area (Å²) in [7, 11) is 0.435. The van der Waals surface area contributed by atoms with Crippen LogP contribution < -0.4 is 20.7 Å². The first-order valence-electron chi connectivity index (χ1n) is 19.5. The summed E-state index contributed by atoms with van der Waals surface area (Å²) in [5.74, 6) is -2.15. The maximum absolute atomic E-state index is 14.7. The molecule has 58 heavy (non-hydrogen) atoms. The number of carbonyl (C=O) groups excluding carboxylic acids is 4. The van der Waals surface area contributed by atoms with Gasteiger partial charge in [-0.05, 0) is 67.6 Å². The summed E-state index contributed by atoms with van der Waals surface area (Å²) >= 11 is 1.03. The van der Waals surface area contributed by atoms with Gasteiger partial charge in [-0.25, -0.2) is 19.4 Å². The molecule has 3 heterocycles. The first kappa shape index (κ1) is 41.0. The number of hydrogen-bond acceptors (Lipinski definition) is 11. The van der Waals surface area contributed by atoms with Crippen LogP contribution in [0.3, 0.4) is 0 Å². The lowest BCUT2D eigenvalue weighted by atomic mass is 9.43. The van der Waals surface area contributed by atoms with Crippen molar-refractivity contribution in [3.05, 3.63) is 76.3 Å². The molecule has 6 atom stereocenters. The molecule has 2 aliphatic heterocycles. The van der Waals surface area contributed by atoms with Gasteiger partial charge < -0.3 is 44.3 Å². The number of hydrogen-bond donors (Lipinski definition) is 4. The average Bonchev–Trinajstić information content (AvgIpc) is 3.82. The van der Waals surface area contributed by atoms with Gasteiger partial charge in [-0.3, -0.25) is 14.9 Å². The lowest BCUT2D eigenvalue weighted by Crippen LogP contribution is -2.65. The fraction of sp³-hybridized carbons (Fsp3) is 0.500. The van der Waals surface area contributed by atoms with Gasteiger partial charge in [-0.1, -0.05) is 56.3 Å². The Morgan fingerprint density at radius 2 is 1.84 bits per heavy atom. The van der Waals surface area contributed by atoms with Crippen LogP contribution in [0.2, 0.25) is 0 Å². The number of carboxylic acids is 1. The van der Waals surface area contributed by atoms with E-state index in [2.05, 4.69) is 41.7 Å². The van der Waals surface area contributed by atoms with Crippen LogP contribution in [-0.2, 0) is 36.7 Å². The summed E-state index contributed by atoms with van der Waals surface area (Å²) in [5.41, 5.74) is 0.769. The van der Waals surface area contributed by atoms with Crippen molar-refractivity contribution in [1.82, 2.24) is 25.4 Å². The van der Waals surface area contributed by atoms with Gasteiger partial charge in [0, 0.05) is 25.0 Å². The summed E-state index contributed by atoms with van der Waals surface area (Å²) in [5, 5.41) is 20.0. The number of para-hydroxylation sites is 1. The predicted molar refractivity (Wildman–Crippen MR) is 213 cm³/mol. The lowest BCUT2D eigenvalue weighted by molar-refractivity contribution is -0.199. The largest absolute Gasteiger partial charge is 0.496 e. The standard InChI is InChI=1S/C40H49BN6O10S/c1-6-46-15-16-47(20-31(46)48)37(52)44-32(27-22-58-36(42-27)45-38(53)55-21-23-11-8-7-9-12-23)34(49)43-30(17-24-13-10-14-26(35(50)51)33(24)54-5)41-56-29-19-25-18-28(39(25,2)3)40(29,4)57-41/h7-14,22,25,28-30,32H,6,15-21H2,1-5H3,(H,43,49)(H,44,52)(H,50,51)(H,42,45,53)/t25?,28?,29?,30-,32?,40-/m0/s1. The summed E-state index contributed by atoms with van der Waals surface area (Å²) in [6.45, 7) is 9.36. The second-order valence-electron chi connectivity index (χ2n) is 16.0. The Kier molecular flexibility index (Phi) is 11.7. The van der Waals surface area contributed by atoms with Crippen LogP contribution in [0, 0.1) is 17.3 Å². The average molecular weight is 817 g/mol. The Hall–Kier alpha value is -5.20. The third-order valence-corrected chi connectivity index (χ3v) is 13.1. The number of piperazine rings is 1. The highest BCUT2D eigenvalue weighted by Gasteiger charge is 2.68. The van der Waals surface area contributed by atoms with E-state index in [1.807, 2.05) is 37.3 Å². The number of methoxy groups -OCH3 is 1. The maximum Gasteiger partial charge on any atom is 0.482 e. The van der Waals surface area contributed by atoms with E-state index < -0.39 is 48.7 Å². The van der Waals surface area contributed by atoms with E-state index in [0.29, 0.717) is 24.6 Å². The Morgan fingerprint density at radius 1 is 1.07 bits per heavy atom. The fourth-order valence-corrected chi connectivity index (χ4v) is 9.69. The molecule has 3 aliphatic carbocycles. The molecule has 4 N–H and O–H groups in total. The zero-order valence-corrected chi connectivity index (χ0v) is 34.0. The molecule has 18 heteroatoms. The van der Waals surface area contributed by atoms with Gasteiger partial charge >= 0.3 is 25.2 Å². The molecule has 2 saturated heterocycles. The van der Waals surface area contributed by atoms with Gasteiger partial charge in [-0.2, -0.15) is 0 Å². The number of carbonyl (C=O) groups is 5. The highest BCUT2D eigenvalue weighted by molar-refractivity contribution is 7.13. The van der Waals surface area contributed by atoms with Crippen LogP contribution in [0.1, 0.15) is 73.8 Å². The maximum atomic E-state index is 14.7. The van der Waals surface area contributed by atoms with E-state index in [1.54, 1.807) is 22.4 Å². The minimum absolute atomic E-state index is 0.0294.